The molecule has 0 amide bonds. The Bertz CT molecular complexity index is 697. The van der Waals surface area contributed by atoms with Crippen molar-refractivity contribution in [3.8, 4) is 0 Å². The van der Waals surface area contributed by atoms with Crippen LogP contribution in [0.25, 0.3) is 0 Å². The number of phosphoric acid groups is 1. The van der Waals surface area contributed by atoms with E-state index in [1.165, 1.54) is 14.0 Å². The van der Waals surface area contributed by atoms with Gasteiger partial charge in [-0.05, 0) is 6.92 Å². The van der Waals surface area contributed by atoms with Crippen LogP contribution in [-0.2, 0) is 13.8 Å². The quantitative estimate of drug-likeness (QED) is 0.265. The van der Waals surface area contributed by atoms with Crippen molar-refractivity contribution in [1.29, 1.82) is 0 Å². The molecular formula is C11H20N3O9P. The molecule has 3 atom stereocenters. The molecule has 24 heavy (non-hydrogen) atoms. The molecule has 0 spiro atoms. The molecule has 0 saturated heterocycles. The second-order valence-corrected chi connectivity index (χ2v) is 5.99. The predicted molar refractivity (Wildman–Crippen MR) is 81.5 cm³/mol. The Balaban J connectivity index is 3.04. The van der Waals surface area contributed by atoms with E-state index in [0.717, 1.165) is 10.6 Å². The Hall–Kier alpha value is -1.53. The minimum atomic E-state index is -4.82. The number of rotatable bonds is 9. The van der Waals surface area contributed by atoms with Crippen LogP contribution in [0.3, 0.4) is 0 Å². The van der Waals surface area contributed by atoms with Gasteiger partial charge in [0.05, 0.1) is 13.2 Å². The van der Waals surface area contributed by atoms with E-state index in [9.17, 15) is 19.3 Å². The number of hydrogen-bond donors (Lipinski definition) is 6. The normalized spacial score (nSPS) is 15.8. The van der Waals surface area contributed by atoms with Gasteiger partial charge in [0.2, 0.25) is 0 Å². The van der Waals surface area contributed by atoms with Gasteiger partial charge in [-0.3, -0.25) is 18.9 Å². The van der Waals surface area contributed by atoms with Crippen molar-refractivity contribution < 1.29 is 33.8 Å². The van der Waals surface area contributed by atoms with Gasteiger partial charge in [-0.15, -0.1) is 0 Å². The molecule has 0 bridgehead atoms. The van der Waals surface area contributed by atoms with Crippen LogP contribution >= 0.6 is 7.82 Å². The number of aromatic nitrogens is 2. The zero-order valence-corrected chi connectivity index (χ0v) is 13.8. The number of ether oxygens (including phenoxy) is 1. The van der Waals surface area contributed by atoms with Gasteiger partial charge in [0.1, 0.15) is 24.3 Å². The predicted octanol–water partition coefficient (Wildman–Crippen LogP) is -2.06. The Morgan fingerprint density at radius 3 is 2.54 bits per heavy atom. The molecule has 2 unspecified atom stereocenters. The fraction of sp³-hybridized carbons (Fsp3) is 0.636. The summed E-state index contributed by atoms with van der Waals surface area (Å²) in [6, 6.07) is 1.10. The molecule has 6 N–H and O–H groups in total. The summed E-state index contributed by atoms with van der Waals surface area (Å²) in [5, 5.41) is 21.3. The van der Waals surface area contributed by atoms with E-state index in [-0.39, 0.29) is 5.82 Å². The Labute approximate surface area is 135 Å². The summed E-state index contributed by atoms with van der Waals surface area (Å²) in [4.78, 5) is 42.7. The number of aliphatic hydroxyl groups excluding tert-OH is 2. The van der Waals surface area contributed by atoms with Gasteiger partial charge in [0.15, 0.2) is 0 Å². The maximum absolute atomic E-state index is 11.9. The SMILES string of the molecule is CNc1cc(=O)[nH]c(=O)n1C(C)O[C@H](COP(=O)(O)O)C(O)CO. The maximum atomic E-state index is 11.9. The summed E-state index contributed by atoms with van der Waals surface area (Å²) >= 11 is 0. The van der Waals surface area contributed by atoms with Crippen LogP contribution in [0.4, 0.5) is 5.82 Å². The van der Waals surface area contributed by atoms with Gasteiger partial charge < -0.3 is 30.1 Å². The fourth-order valence-electron chi connectivity index (χ4n) is 1.90. The maximum Gasteiger partial charge on any atom is 0.469 e. The van der Waals surface area contributed by atoms with Crippen LogP contribution < -0.4 is 16.6 Å². The summed E-state index contributed by atoms with van der Waals surface area (Å²) in [6.45, 7) is -0.0974. The minimum absolute atomic E-state index is 0.115. The molecule has 0 aliphatic carbocycles. The van der Waals surface area contributed by atoms with E-state index in [0.29, 0.717) is 0 Å². The molecule has 12 nitrogen and oxygen atoms in total. The van der Waals surface area contributed by atoms with Gasteiger partial charge in [-0.2, -0.15) is 0 Å². The number of nitrogens with one attached hydrogen (secondary N) is 2. The van der Waals surface area contributed by atoms with Crippen LogP contribution in [0.15, 0.2) is 15.7 Å². The molecule has 0 aromatic carbocycles. The van der Waals surface area contributed by atoms with Gasteiger partial charge in [0, 0.05) is 13.1 Å². The molecule has 0 aliphatic heterocycles. The lowest BCUT2D eigenvalue weighted by Crippen LogP contribution is -2.40. The van der Waals surface area contributed by atoms with E-state index in [2.05, 4.69) is 9.84 Å². The summed E-state index contributed by atoms with van der Waals surface area (Å²) in [6.07, 6.45) is -3.93. The third-order valence-electron chi connectivity index (χ3n) is 2.99. The van der Waals surface area contributed by atoms with Crippen molar-refractivity contribution in [3.05, 3.63) is 26.9 Å². The Kier molecular flexibility index (Phi) is 7.29. The topological polar surface area (TPSA) is 183 Å². The van der Waals surface area contributed by atoms with Crippen LogP contribution in [0.2, 0.25) is 0 Å². The largest absolute Gasteiger partial charge is 0.469 e. The molecule has 0 radical (unpaired) electrons. The van der Waals surface area contributed by atoms with E-state index in [1.54, 1.807) is 0 Å². The molecule has 0 aliphatic rings. The first kappa shape index (κ1) is 20.5. The molecular weight excluding hydrogens is 349 g/mol. The number of aromatic amines is 1. The van der Waals surface area contributed by atoms with Crippen LogP contribution in [0.1, 0.15) is 13.2 Å². The molecule has 1 aromatic rings. The lowest BCUT2D eigenvalue weighted by molar-refractivity contribution is -0.125. The molecule has 0 fully saturated rings. The molecule has 138 valence electrons. The van der Waals surface area contributed by atoms with E-state index >= 15 is 0 Å². The summed E-state index contributed by atoms with van der Waals surface area (Å²) in [7, 11) is -3.35. The molecule has 0 saturated carbocycles. The average molecular weight is 369 g/mol. The number of anilines is 1. The standard InChI is InChI=1S/C11H20N3O9P/c1-6(14-9(12-2)3-10(17)13-11(14)18)23-8(7(16)4-15)5-22-24(19,20)21/h3,6-8,12,15-16H,4-5H2,1-2H3,(H,13,17,18)(H2,19,20,21)/t6?,7?,8-/m1/s1. The highest BCUT2D eigenvalue weighted by Gasteiger charge is 2.27. The second-order valence-electron chi connectivity index (χ2n) is 4.75. The highest BCUT2D eigenvalue weighted by Crippen LogP contribution is 2.36. The molecule has 1 heterocycles. The van der Waals surface area contributed by atoms with Crippen molar-refractivity contribution in [1.82, 2.24) is 9.55 Å². The highest BCUT2D eigenvalue weighted by atomic mass is 31.2. The molecule has 13 heteroatoms. The lowest BCUT2D eigenvalue weighted by atomic mass is 10.2. The van der Waals surface area contributed by atoms with Gasteiger partial charge in [-0.1, -0.05) is 0 Å². The van der Waals surface area contributed by atoms with E-state index in [1.807, 2.05) is 4.98 Å². The van der Waals surface area contributed by atoms with Crippen molar-refractivity contribution in [2.45, 2.75) is 25.4 Å². The smallest absolute Gasteiger partial charge is 0.394 e. The first-order valence-electron chi connectivity index (χ1n) is 6.77. The van der Waals surface area contributed by atoms with Crippen LogP contribution in [0, 0.1) is 0 Å². The third kappa shape index (κ3) is 5.83. The van der Waals surface area contributed by atoms with Gasteiger partial charge in [-0.25, -0.2) is 9.36 Å². The second kappa shape index (κ2) is 8.53. The fourth-order valence-corrected chi connectivity index (χ4v) is 2.24. The zero-order chi connectivity index (χ0) is 18.5. The molecule has 1 rings (SSSR count). The average Bonchev–Trinajstić information content (AvgIpc) is 2.48. The number of hydrogen-bond acceptors (Lipinski definition) is 8. The number of nitrogens with zero attached hydrogens (tertiary/aromatic N) is 1. The number of H-pyrrole nitrogens is 1. The Morgan fingerprint density at radius 1 is 1.42 bits per heavy atom. The van der Waals surface area contributed by atoms with E-state index in [4.69, 9.17) is 19.6 Å². The number of aliphatic hydroxyl groups is 2. The third-order valence-corrected chi connectivity index (χ3v) is 3.48. The highest BCUT2D eigenvalue weighted by molar-refractivity contribution is 7.46. The summed E-state index contributed by atoms with van der Waals surface area (Å²) in [5.74, 6) is 0.115. The monoisotopic (exact) mass is 369 g/mol. The summed E-state index contributed by atoms with van der Waals surface area (Å²) < 4.78 is 21.4. The van der Waals surface area contributed by atoms with Gasteiger partial charge >= 0.3 is 13.5 Å². The first-order valence-corrected chi connectivity index (χ1v) is 8.30. The number of phosphoric ester groups is 1. The Morgan fingerprint density at radius 2 is 2.04 bits per heavy atom. The van der Waals surface area contributed by atoms with E-state index < -0.39 is 50.7 Å². The van der Waals surface area contributed by atoms with Crippen molar-refractivity contribution in [2.75, 3.05) is 25.6 Å². The summed E-state index contributed by atoms with van der Waals surface area (Å²) in [5.41, 5.74) is -1.43. The zero-order valence-electron chi connectivity index (χ0n) is 12.9. The van der Waals surface area contributed by atoms with Crippen molar-refractivity contribution in [2.24, 2.45) is 0 Å². The van der Waals surface area contributed by atoms with Crippen molar-refractivity contribution in [3.63, 3.8) is 0 Å². The van der Waals surface area contributed by atoms with Crippen LogP contribution in [-0.4, -0.2) is 62.0 Å². The van der Waals surface area contributed by atoms with Crippen molar-refractivity contribution >= 4 is 13.6 Å². The van der Waals surface area contributed by atoms with Gasteiger partial charge in [0.25, 0.3) is 5.56 Å². The lowest BCUT2D eigenvalue weighted by Gasteiger charge is -2.27. The van der Waals surface area contributed by atoms with Crippen LogP contribution in [0.5, 0.6) is 0 Å². The first-order chi connectivity index (χ1) is 11.1. The minimum Gasteiger partial charge on any atom is -0.394 e. The molecule has 1 aromatic heterocycles.